The molecule has 1 saturated heterocycles. The van der Waals surface area contributed by atoms with Gasteiger partial charge in [0.25, 0.3) is 11.5 Å². The van der Waals surface area contributed by atoms with Gasteiger partial charge >= 0.3 is 0 Å². The molecule has 1 aliphatic rings. The van der Waals surface area contributed by atoms with Crippen molar-refractivity contribution >= 4 is 29.1 Å². The van der Waals surface area contributed by atoms with Crippen molar-refractivity contribution in [3.63, 3.8) is 0 Å². The monoisotopic (exact) mass is 378 g/mol. The van der Waals surface area contributed by atoms with Gasteiger partial charge < -0.3 is 10.2 Å². The summed E-state index contributed by atoms with van der Waals surface area (Å²) >= 11 is 0. The summed E-state index contributed by atoms with van der Waals surface area (Å²) in [7, 11) is 1.84. The molecule has 2 aromatic rings. The first-order valence-electron chi connectivity index (χ1n) is 8.96. The van der Waals surface area contributed by atoms with E-state index in [9.17, 15) is 9.59 Å². The van der Waals surface area contributed by atoms with E-state index in [1.807, 2.05) is 39.1 Å². The van der Waals surface area contributed by atoms with Crippen LogP contribution >= 0.6 is 12.4 Å². The van der Waals surface area contributed by atoms with Gasteiger partial charge in [0.15, 0.2) is 5.69 Å². The molecule has 0 spiro atoms. The lowest BCUT2D eigenvalue weighted by molar-refractivity contribution is 0.0696. The van der Waals surface area contributed by atoms with Crippen molar-refractivity contribution in [1.29, 1.82) is 0 Å². The number of carbonyl (C=O) groups is 1. The van der Waals surface area contributed by atoms with E-state index in [1.54, 1.807) is 11.0 Å². The van der Waals surface area contributed by atoms with Crippen molar-refractivity contribution in [1.82, 2.24) is 20.0 Å². The van der Waals surface area contributed by atoms with Crippen LogP contribution in [0.1, 0.15) is 37.2 Å². The molecule has 3 rings (SSSR count). The van der Waals surface area contributed by atoms with E-state index < -0.39 is 0 Å². The number of hydrogen-bond donors (Lipinski definition) is 1. The number of rotatable bonds is 4. The van der Waals surface area contributed by atoms with Crippen LogP contribution in [0.3, 0.4) is 0 Å². The zero-order chi connectivity index (χ0) is 18.0. The van der Waals surface area contributed by atoms with Gasteiger partial charge in [0, 0.05) is 25.0 Å². The number of piperidine rings is 1. The van der Waals surface area contributed by atoms with Crippen LogP contribution in [-0.4, -0.2) is 46.8 Å². The normalized spacial score (nSPS) is 15.1. The highest BCUT2D eigenvalue weighted by Gasteiger charge is 2.26. The Morgan fingerprint density at radius 1 is 1.27 bits per heavy atom. The van der Waals surface area contributed by atoms with Gasteiger partial charge in [-0.1, -0.05) is 32.0 Å². The Hall–Kier alpha value is -1.92. The highest BCUT2D eigenvalue weighted by Crippen LogP contribution is 2.18. The van der Waals surface area contributed by atoms with Crippen LogP contribution in [0.2, 0.25) is 0 Å². The lowest BCUT2D eigenvalue weighted by Gasteiger charge is -2.31. The molecule has 0 bridgehead atoms. The summed E-state index contributed by atoms with van der Waals surface area (Å²) in [4.78, 5) is 27.6. The quantitative estimate of drug-likeness (QED) is 0.886. The maximum atomic E-state index is 13.1. The highest BCUT2D eigenvalue weighted by atomic mass is 35.5. The van der Waals surface area contributed by atoms with Gasteiger partial charge in [-0.2, -0.15) is 5.10 Å². The van der Waals surface area contributed by atoms with Crippen molar-refractivity contribution in [2.75, 3.05) is 20.1 Å². The summed E-state index contributed by atoms with van der Waals surface area (Å²) in [6, 6.07) is 7.47. The van der Waals surface area contributed by atoms with Gasteiger partial charge in [-0.25, -0.2) is 4.68 Å². The molecule has 7 heteroatoms. The number of nitrogens with one attached hydrogen (secondary N) is 1. The Balaban J connectivity index is 0.00000243. The molecule has 0 atom stereocenters. The molecular formula is C19H27ClN4O2. The summed E-state index contributed by atoms with van der Waals surface area (Å²) in [5.41, 5.74) is 0.238. The lowest BCUT2D eigenvalue weighted by Crippen LogP contribution is -2.44. The Bertz CT molecular complexity index is 828. The first-order valence-corrected chi connectivity index (χ1v) is 8.96. The predicted molar refractivity (Wildman–Crippen MR) is 106 cm³/mol. The van der Waals surface area contributed by atoms with Gasteiger partial charge in [-0.05, 0) is 37.9 Å². The molecule has 1 amide bonds. The summed E-state index contributed by atoms with van der Waals surface area (Å²) < 4.78 is 1.44. The van der Waals surface area contributed by atoms with Crippen LogP contribution in [0.25, 0.3) is 10.8 Å². The van der Waals surface area contributed by atoms with Crippen LogP contribution in [0.4, 0.5) is 0 Å². The number of fused-ring (bicyclic) bond motifs is 1. The van der Waals surface area contributed by atoms with Crippen molar-refractivity contribution in [3.05, 3.63) is 40.3 Å². The lowest BCUT2D eigenvalue weighted by atomic mass is 10.0. The second kappa shape index (κ2) is 8.64. The van der Waals surface area contributed by atoms with Crippen LogP contribution in [0.15, 0.2) is 29.1 Å². The molecule has 1 aliphatic heterocycles. The minimum absolute atomic E-state index is 0. The second-order valence-electron chi connectivity index (χ2n) is 7.17. The van der Waals surface area contributed by atoms with E-state index in [2.05, 4.69) is 10.4 Å². The Kier molecular flexibility index (Phi) is 6.78. The van der Waals surface area contributed by atoms with E-state index in [4.69, 9.17) is 0 Å². The summed E-state index contributed by atoms with van der Waals surface area (Å²) in [6.07, 6.45) is 1.87. The van der Waals surface area contributed by atoms with Gasteiger partial charge in [-0.3, -0.25) is 9.59 Å². The average Bonchev–Trinajstić information content (AvgIpc) is 2.63. The molecule has 1 N–H and O–H groups in total. The second-order valence-corrected chi connectivity index (χ2v) is 7.17. The number of amides is 1. The maximum Gasteiger partial charge on any atom is 0.274 e. The minimum Gasteiger partial charge on any atom is -0.337 e. The van der Waals surface area contributed by atoms with Gasteiger partial charge in [0.2, 0.25) is 0 Å². The molecule has 142 valence electrons. The molecule has 0 saturated carbocycles. The number of halogens is 1. The summed E-state index contributed by atoms with van der Waals surface area (Å²) in [5.74, 6) is 0.164. The standard InChI is InChI=1S/C19H26N4O2.ClH/c1-13(2)12-23-18(24)16-7-5-4-6-15(16)17(21-23)19(25)22(3)14-8-10-20-11-9-14;/h4-7,13-14,20H,8-12H2,1-3H3;1H. The SMILES string of the molecule is CC(C)Cn1nc(C(=O)N(C)C2CCNCC2)c2ccccc2c1=O.Cl. The van der Waals surface area contributed by atoms with Gasteiger partial charge in [-0.15, -0.1) is 12.4 Å². The fraction of sp³-hybridized carbons (Fsp3) is 0.526. The zero-order valence-electron chi connectivity index (χ0n) is 15.6. The predicted octanol–water partition coefficient (Wildman–Crippen LogP) is 2.30. The molecule has 0 aliphatic carbocycles. The Labute approximate surface area is 160 Å². The third kappa shape index (κ3) is 4.07. The number of aromatic nitrogens is 2. The van der Waals surface area contributed by atoms with Crippen LogP contribution in [0.5, 0.6) is 0 Å². The average molecular weight is 379 g/mol. The summed E-state index contributed by atoms with van der Waals surface area (Å²) in [5, 5.41) is 8.96. The van der Waals surface area contributed by atoms with E-state index in [0.717, 1.165) is 25.9 Å². The minimum atomic E-state index is -0.134. The zero-order valence-corrected chi connectivity index (χ0v) is 16.4. The van der Waals surface area contributed by atoms with Gasteiger partial charge in [0.05, 0.1) is 5.39 Å². The molecule has 1 fully saturated rings. The molecule has 1 aromatic carbocycles. The van der Waals surface area contributed by atoms with E-state index in [-0.39, 0.29) is 35.8 Å². The number of hydrogen-bond acceptors (Lipinski definition) is 4. The Morgan fingerprint density at radius 3 is 2.50 bits per heavy atom. The molecule has 1 aromatic heterocycles. The van der Waals surface area contributed by atoms with Crippen LogP contribution in [-0.2, 0) is 6.54 Å². The van der Waals surface area contributed by atoms with Gasteiger partial charge in [0.1, 0.15) is 0 Å². The molecular weight excluding hydrogens is 352 g/mol. The van der Waals surface area contributed by atoms with Crippen molar-refractivity contribution in [2.45, 2.75) is 39.3 Å². The van der Waals surface area contributed by atoms with Crippen molar-refractivity contribution in [3.8, 4) is 0 Å². The fourth-order valence-electron chi connectivity index (χ4n) is 3.39. The third-order valence-corrected chi connectivity index (χ3v) is 4.79. The molecule has 2 heterocycles. The van der Waals surface area contributed by atoms with Crippen molar-refractivity contribution in [2.24, 2.45) is 5.92 Å². The number of benzene rings is 1. The van der Waals surface area contributed by atoms with Crippen LogP contribution in [0, 0.1) is 5.92 Å². The fourth-order valence-corrected chi connectivity index (χ4v) is 3.39. The molecule has 0 radical (unpaired) electrons. The van der Waals surface area contributed by atoms with E-state index >= 15 is 0 Å². The smallest absolute Gasteiger partial charge is 0.274 e. The summed E-state index contributed by atoms with van der Waals surface area (Å²) in [6.45, 7) is 6.41. The largest absolute Gasteiger partial charge is 0.337 e. The third-order valence-electron chi connectivity index (χ3n) is 4.79. The Morgan fingerprint density at radius 2 is 1.88 bits per heavy atom. The van der Waals surface area contributed by atoms with Crippen molar-refractivity contribution < 1.29 is 4.79 Å². The number of carbonyl (C=O) groups excluding carboxylic acids is 1. The van der Waals surface area contributed by atoms with E-state index in [1.165, 1.54) is 4.68 Å². The van der Waals surface area contributed by atoms with E-state index in [0.29, 0.717) is 23.0 Å². The highest BCUT2D eigenvalue weighted by molar-refractivity contribution is 6.04. The molecule has 6 nitrogen and oxygen atoms in total. The number of nitrogens with zero attached hydrogens (tertiary/aromatic N) is 3. The first kappa shape index (κ1) is 20.4. The van der Waals surface area contributed by atoms with Crippen LogP contribution < -0.4 is 10.9 Å². The molecule has 26 heavy (non-hydrogen) atoms. The first-order chi connectivity index (χ1) is 12.0. The maximum absolute atomic E-state index is 13.1. The molecule has 0 unspecified atom stereocenters. The topological polar surface area (TPSA) is 67.2 Å².